The summed E-state index contributed by atoms with van der Waals surface area (Å²) >= 11 is 0. The summed E-state index contributed by atoms with van der Waals surface area (Å²) in [6, 6.07) is 3.35. The van der Waals surface area contributed by atoms with Crippen molar-refractivity contribution >= 4 is 17.3 Å². The summed E-state index contributed by atoms with van der Waals surface area (Å²) in [6.45, 7) is 2.08. The van der Waals surface area contributed by atoms with E-state index in [9.17, 15) is 19.3 Å². The van der Waals surface area contributed by atoms with Crippen LogP contribution in [0, 0.1) is 15.9 Å². The predicted molar refractivity (Wildman–Crippen MR) is 60.2 cm³/mol. The van der Waals surface area contributed by atoms with E-state index in [1.807, 2.05) is 0 Å². The Bertz CT molecular complexity index is 437. The van der Waals surface area contributed by atoms with Crippen LogP contribution >= 0.6 is 0 Å². The minimum atomic E-state index is -0.693. The Balaban J connectivity index is 2.54. The van der Waals surface area contributed by atoms with Crippen LogP contribution in [0.2, 0.25) is 0 Å². The number of anilines is 1. The Hall–Kier alpha value is -2.18. The van der Waals surface area contributed by atoms with E-state index in [1.165, 1.54) is 19.1 Å². The fraction of sp³-hybridized carbons (Fsp3) is 0.300. The predicted octanol–water partition coefficient (Wildman–Crippen LogP) is 1.28. The van der Waals surface area contributed by atoms with Gasteiger partial charge in [-0.05, 0) is 6.07 Å². The Kier molecular flexibility index (Phi) is 4.38. The Labute approximate surface area is 97.0 Å². The molecule has 0 aliphatic rings. The normalized spacial score (nSPS) is 9.76. The smallest absolute Gasteiger partial charge is 0.272 e. The fourth-order valence-corrected chi connectivity index (χ4v) is 1.20. The molecule has 1 aromatic rings. The van der Waals surface area contributed by atoms with Crippen molar-refractivity contribution in [3.63, 3.8) is 0 Å². The Morgan fingerprint density at radius 3 is 2.71 bits per heavy atom. The molecule has 0 heterocycles. The number of carbonyl (C=O) groups is 1. The van der Waals surface area contributed by atoms with Gasteiger partial charge in [0.15, 0.2) is 5.82 Å². The van der Waals surface area contributed by atoms with E-state index in [-0.39, 0.29) is 17.3 Å². The standard InChI is InChI=1S/C10H12FN3O3/c1-7(15)12-4-5-13-10-3-2-8(14(16)17)6-9(10)11/h2-3,6,13H,4-5H2,1H3,(H,12,15). The molecule has 6 nitrogen and oxygen atoms in total. The summed E-state index contributed by atoms with van der Waals surface area (Å²) in [5, 5.41) is 15.6. The molecule has 0 fully saturated rings. The third-order valence-corrected chi connectivity index (χ3v) is 1.98. The van der Waals surface area contributed by atoms with E-state index < -0.39 is 10.7 Å². The average molecular weight is 241 g/mol. The van der Waals surface area contributed by atoms with Gasteiger partial charge in [-0.15, -0.1) is 0 Å². The van der Waals surface area contributed by atoms with E-state index >= 15 is 0 Å². The maximum atomic E-state index is 13.3. The minimum Gasteiger partial charge on any atom is -0.381 e. The van der Waals surface area contributed by atoms with Crippen molar-refractivity contribution in [2.45, 2.75) is 6.92 Å². The van der Waals surface area contributed by atoms with Gasteiger partial charge in [-0.3, -0.25) is 14.9 Å². The summed E-state index contributed by atoms with van der Waals surface area (Å²) in [6.07, 6.45) is 0. The number of nitrogens with one attached hydrogen (secondary N) is 2. The molecular formula is C10H12FN3O3. The van der Waals surface area contributed by atoms with Gasteiger partial charge >= 0.3 is 0 Å². The molecule has 0 spiro atoms. The van der Waals surface area contributed by atoms with Gasteiger partial charge in [-0.2, -0.15) is 0 Å². The van der Waals surface area contributed by atoms with Crippen LogP contribution in [0.4, 0.5) is 15.8 Å². The van der Waals surface area contributed by atoms with Crippen molar-refractivity contribution in [2.24, 2.45) is 0 Å². The fourth-order valence-electron chi connectivity index (χ4n) is 1.20. The topological polar surface area (TPSA) is 84.3 Å². The lowest BCUT2D eigenvalue weighted by molar-refractivity contribution is -0.385. The van der Waals surface area contributed by atoms with E-state index in [2.05, 4.69) is 10.6 Å². The zero-order valence-corrected chi connectivity index (χ0v) is 9.20. The van der Waals surface area contributed by atoms with Gasteiger partial charge in [0.05, 0.1) is 16.7 Å². The molecular weight excluding hydrogens is 229 g/mol. The second-order valence-electron chi connectivity index (χ2n) is 3.33. The van der Waals surface area contributed by atoms with Crippen molar-refractivity contribution in [1.82, 2.24) is 5.32 Å². The van der Waals surface area contributed by atoms with E-state index in [1.54, 1.807) is 0 Å². The molecule has 17 heavy (non-hydrogen) atoms. The molecule has 7 heteroatoms. The first-order valence-corrected chi connectivity index (χ1v) is 4.93. The number of nitro benzene ring substituents is 1. The molecule has 1 amide bonds. The second kappa shape index (κ2) is 5.78. The van der Waals surface area contributed by atoms with Crippen LogP contribution in [0.25, 0.3) is 0 Å². The molecule has 0 saturated carbocycles. The highest BCUT2D eigenvalue weighted by atomic mass is 19.1. The molecule has 0 unspecified atom stereocenters. The number of rotatable bonds is 5. The van der Waals surface area contributed by atoms with Crippen molar-refractivity contribution in [3.8, 4) is 0 Å². The monoisotopic (exact) mass is 241 g/mol. The number of halogens is 1. The second-order valence-corrected chi connectivity index (χ2v) is 3.33. The first-order chi connectivity index (χ1) is 8.00. The third kappa shape index (κ3) is 4.06. The van der Waals surface area contributed by atoms with Crippen LogP contribution in [-0.2, 0) is 4.79 Å². The van der Waals surface area contributed by atoms with Crippen molar-refractivity contribution in [2.75, 3.05) is 18.4 Å². The summed E-state index contributed by atoms with van der Waals surface area (Å²) < 4.78 is 13.3. The van der Waals surface area contributed by atoms with Gasteiger partial charge < -0.3 is 10.6 Å². The first kappa shape index (κ1) is 12.9. The number of benzene rings is 1. The number of carbonyl (C=O) groups excluding carboxylic acids is 1. The molecule has 0 aliphatic carbocycles. The summed E-state index contributed by atoms with van der Waals surface area (Å²) in [4.78, 5) is 20.3. The van der Waals surface area contributed by atoms with Crippen LogP contribution in [-0.4, -0.2) is 23.9 Å². The molecule has 0 saturated heterocycles. The lowest BCUT2D eigenvalue weighted by Crippen LogP contribution is -2.26. The first-order valence-electron chi connectivity index (χ1n) is 4.93. The number of amides is 1. The Morgan fingerprint density at radius 2 is 2.18 bits per heavy atom. The highest BCUT2D eigenvalue weighted by molar-refractivity contribution is 5.72. The van der Waals surface area contributed by atoms with Crippen molar-refractivity contribution in [1.29, 1.82) is 0 Å². The van der Waals surface area contributed by atoms with Crippen LogP contribution in [0.5, 0.6) is 0 Å². The summed E-state index contributed by atoms with van der Waals surface area (Å²) in [5.74, 6) is -0.863. The number of nitro groups is 1. The van der Waals surface area contributed by atoms with Crippen LogP contribution in [0.15, 0.2) is 18.2 Å². The number of hydrogen-bond acceptors (Lipinski definition) is 4. The van der Waals surface area contributed by atoms with Gasteiger partial charge in [-0.1, -0.05) is 0 Å². The lowest BCUT2D eigenvalue weighted by atomic mass is 10.2. The van der Waals surface area contributed by atoms with Gasteiger partial charge in [0.25, 0.3) is 5.69 Å². The average Bonchev–Trinajstić information content (AvgIpc) is 2.25. The zero-order chi connectivity index (χ0) is 12.8. The molecule has 0 bridgehead atoms. The number of nitrogens with zero attached hydrogens (tertiary/aromatic N) is 1. The number of hydrogen-bond donors (Lipinski definition) is 2. The summed E-state index contributed by atoms with van der Waals surface area (Å²) in [5.41, 5.74) is -0.129. The summed E-state index contributed by atoms with van der Waals surface area (Å²) in [7, 11) is 0. The SMILES string of the molecule is CC(=O)NCCNc1ccc([N+](=O)[O-])cc1F. The maximum Gasteiger partial charge on any atom is 0.272 e. The molecule has 2 N–H and O–H groups in total. The van der Waals surface area contributed by atoms with Crippen LogP contribution < -0.4 is 10.6 Å². The maximum absolute atomic E-state index is 13.3. The van der Waals surface area contributed by atoms with Gasteiger partial charge in [-0.25, -0.2) is 4.39 Å². The molecule has 1 rings (SSSR count). The lowest BCUT2D eigenvalue weighted by Gasteiger charge is -2.07. The van der Waals surface area contributed by atoms with E-state index in [0.717, 1.165) is 6.07 Å². The van der Waals surface area contributed by atoms with E-state index in [0.29, 0.717) is 13.1 Å². The highest BCUT2D eigenvalue weighted by Gasteiger charge is 2.09. The quantitative estimate of drug-likeness (QED) is 0.462. The Morgan fingerprint density at radius 1 is 1.47 bits per heavy atom. The van der Waals surface area contributed by atoms with Crippen molar-refractivity contribution in [3.05, 3.63) is 34.1 Å². The highest BCUT2D eigenvalue weighted by Crippen LogP contribution is 2.19. The van der Waals surface area contributed by atoms with E-state index in [4.69, 9.17) is 0 Å². The molecule has 0 aromatic heterocycles. The number of non-ortho nitro benzene ring substituents is 1. The minimum absolute atomic E-state index is 0.168. The molecule has 1 aromatic carbocycles. The van der Waals surface area contributed by atoms with Gasteiger partial charge in [0, 0.05) is 26.1 Å². The molecule has 0 aliphatic heterocycles. The third-order valence-electron chi connectivity index (χ3n) is 1.98. The van der Waals surface area contributed by atoms with Crippen LogP contribution in [0.1, 0.15) is 6.92 Å². The molecule has 0 atom stereocenters. The van der Waals surface area contributed by atoms with Crippen LogP contribution in [0.3, 0.4) is 0 Å². The molecule has 92 valence electrons. The van der Waals surface area contributed by atoms with Crippen molar-refractivity contribution < 1.29 is 14.1 Å². The zero-order valence-electron chi connectivity index (χ0n) is 9.20. The molecule has 0 radical (unpaired) electrons. The van der Waals surface area contributed by atoms with Gasteiger partial charge in [0.2, 0.25) is 5.91 Å². The van der Waals surface area contributed by atoms with Gasteiger partial charge in [0.1, 0.15) is 0 Å². The largest absolute Gasteiger partial charge is 0.381 e.